The minimum absolute atomic E-state index is 0.0536. The van der Waals surface area contributed by atoms with Gasteiger partial charge in [0.2, 0.25) is 0 Å². The Morgan fingerprint density at radius 2 is 2.20 bits per heavy atom. The van der Waals surface area contributed by atoms with E-state index in [0.29, 0.717) is 25.1 Å². The molecule has 0 radical (unpaired) electrons. The predicted octanol–water partition coefficient (Wildman–Crippen LogP) is 1.59. The molecule has 0 bridgehead atoms. The molecule has 1 fully saturated rings. The minimum atomic E-state index is -0.810. The number of carbonyl (C=O) groups is 2. The molecular weight excluding hydrogens is 256 g/mol. The number of hydrogen-bond donors (Lipinski definition) is 2. The van der Waals surface area contributed by atoms with Crippen LogP contribution in [0, 0.1) is 5.92 Å². The van der Waals surface area contributed by atoms with E-state index in [4.69, 9.17) is 5.11 Å². The van der Waals surface area contributed by atoms with Crippen LogP contribution in [0.5, 0.6) is 0 Å². The summed E-state index contributed by atoms with van der Waals surface area (Å²) in [7, 11) is 0. The lowest BCUT2D eigenvalue weighted by Gasteiger charge is -2.20. The molecule has 1 saturated heterocycles. The summed E-state index contributed by atoms with van der Waals surface area (Å²) >= 11 is 0. The van der Waals surface area contributed by atoms with Crippen LogP contribution in [0.1, 0.15) is 28.8 Å². The molecule has 5 heteroatoms. The molecule has 0 aliphatic carbocycles. The number of carbonyl (C=O) groups excluding carboxylic acids is 1. The van der Waals surface area contributed by atoms with Gasteiger partial charge in [0.1, 0.15) is 0 Å². The maximum Gasteiger partial charge on any atom is 0.308 e. The van der Waals surface area contributed by atoms with Crippen LogP contribution in [0.25, 0.3) is 0 Å². The van der Waals surface area contributed by atoms with Crippen LogP contribution < -0.4 is 5.32 Å². The number of hydrogen-bond acceptors (Lipinski definition) is 3. The van der Waals surface area contributed by atoms with Crippen molar-refractivity contribution < 1.29 is 14.7 Å². The number of benzene rings is 1. The Kier molecular flexibility index (Phi) is 3.34. The van der Waals surface area contributed by atoms with Crippen molar-refractivity contribution in [2.75, 3.05) is 25.0 Å². The van der Waals surface area contributed by atoms with E-state index < -0.39 is 11.9 Å². The molecular formula is C15H18N2O3. The summed E-state index contributed by atoms with van der Waals surface area (Å²) in [5, 5.41) is 12.3. The standard InChI is InChI=1S/C15H18N2O3/c18-14(17-7-5-12(9-17)15(19)20)11-3-4-13-10(8-11)2-1-6-16-13/h3-4,8,12,16H,1-2,5-7,9H2,(H,19,20). The molecule has 5 nitrogen and oxygen atoms in total. The lowest BCUT2D eigenvalue weighted by atomic mass is 10.0. The second-order valence-corrected chi connectivity index (χ2v) is 5.48. The Hall–Kier alpha value is -2.04. The van der Waals surface area contributed by atoms with Gasteiger partial charge in [-0.25, -0.2) is 0 Å². The van der Waals surface area contributed by atoms with Crippen molar-refractivity contribution in [3.8, 4) is 0 Å². The third-order valence-corrected chi connectivity index (χ3v) is 4.12. The lowest BCUT2D eigenvalue weighted by molar-refractivity contribution is -0.141. The number of anilines is 1. The summed E-state index contributed by atoms with van der Waals surface area (Å²) in [5.41, 5.74) is 2.95. The molecule has 0 aromatic heterocycles. The van der Waals surface area contributed by atoms with Crippen LogP contribution in [0.3, 0.4) is 0 Å². The fraction of sp³-hybridized carbons (Fsp3) is 0.467. The number of aryl methyl sites for hydroxylation is 1. The largest absolute Gasteiger partial charge is 0.481 e. The highest BCUT2D eigenvalue weighted by molar-refractivity contribution is 5.95. The van der Waals surface area contributed by atoms with E-state index in [2.05, 4.69) is 5.32 Å². The molecule has 1 aromatic carbocycles. The molecule has 20 heavy (non-hydrogen) atoms. The maximum absolute atomic E-state index is 12.4. The first-order chi connectivity index (χ1) is 9.65. The molecule has 3 rings (SSSR count). The first-order valence-corrected chi connectivity index (χ1v) is 7.04. The van der Waals surface area contributed by atoms with Gasteiger partial charge in [-0.05, 0) is 43.0 Å². The summed E-state index contributed by atoms with van der Waals surface area (Å²) < 4.78 is 0. The number of carboxylic acids is 1. The number of carboxylic acid groups (broad SMARTS) is 1. The number of likely N-dealkylation sites (tertiary alicyclic amines) is 1. The highest BCUT2D eigenvalue weighted by Gasteiger charge is 2.31. The summed E-state index contributed by atoms with van der Waals surface area (Å²) in [6.45, 7) is 1.83. The highest BCUT2D eigenvalue weighted by atomic mass is 16.4. The van der Waals surface area contributed by atoms with E-state index in [-0.39, 0.29) is 5.91 Å². The fourth-order valence-electron chi connectivity index (χ4n) is 2.94. The molecule has 0 saturated carbocycles. The first kappa shape index (κ1) is 13.0. The number of fused-ring (bicyclic) bond motifs is 1. The zero-order valence-corrected chi connectivity index (χ0v) is 11.3. The molecule has 2 aliphatic rings. The molecule has 1 unspecified atom stereocenters. The molecule has 0 spiro atoms. The fourth-order valence-corrected chi connectivity index (χ4v) is 2.94. The zero-order chi connectivity index (χ0) is 14.1. The number of amides is 1. The van der Waals surface area contributed by atoms with Crippen molar-refractivity contribution >= 4 is 17.6 Å². The van der Waals surface area contributed by atoms with Gasteiger partial charge < -0.3 is 15.3 Å². The van der Waals surface area contributed by atoms with E-state index in [0.717, 1.165) is 25.1 Å². The SMILES string of the molecule is O=C(O)C1CCN(C(=O)c2ccc3c(c2)CCCN3)C1. The molecule has 1 amide bonds. The van der Waals surface area contributed by atoms with E-state index in [1.165, 1.54) is 5.56 Å². The molecule has 106 valence electrons. The van der Waals surface area contributed by atoms with Gasteiger partial charge in [-0.2, -0.15) is 0 Å². The number of nitrogens with zero attached hydrogens (tertiary/aromatic N) is 1. The van der Waals surface area contributed by atoms with Gasteiger partial charge in [0, 0.05) is 30.9 Å². The van der Waals surface area contributed by atoms with Crippen molar-refractivity contribution in [3.63, 3.8) is 0 Å². The summed E-state index contributed by atoms with van der Waals surface area (Å²) in [6, 6.07) is 5.72. The smallest absolute Gasteiger partial charge is 0.308 e. The molecule has 2 aliphatic heterocycles. The summed E-state index contributed by atoms with van der Waals surface area (Å²) in [6.07, 6.45) is 2.62. The van der Waals surface area contributed by atoms with E-state index >= 15 is 0 Å². The third kappa shape index (κ3) is 2.35. The van der Waals surface area contributed by atoms with Crippen molar-refractivity contribution in [1.29, 1.82) is 0 Å². The average Bonchev–Trinajstić information content (AvgIpc) is 2.96. The molecule has 1 atom stereocenters. The summed E-state index contributed by atoms with van der Waals surface area (Å²) in [4.78, 5) is 25.0. The first-order valence-electron chi connectivity index (χ1n) is 7.04. The quantitative estimate of drug-likeness (QED) is 0.859. The van der Waals surface area contributed by atoms with Gasteiger partial charge in [-0.15, -0.1) is 0 Å². The van der Waals surface area contributed by atoms with Crippen molar-refractivity contribution in [2.24, 2.45) is 5.92 Å². The summed E-state index contributed by atoms with van der Waals surface area (Å²) in [5.74, 6) is -1.28. The minimum Gasteiger partial charge on any atom is -0.481 e. The van der Waals surface area contributed by atoms with E-state index in [1.807, 2.05) is 18.2 Å². The monoisotopic (exact) mass is 274 g/mol. The van der Waals surface area contributed by atoms with E-state index in [9.17, 15) is 9.59 Å². The molecule has 1 aromatic rings. The number of nitrogens with one attached hydrogen (secondary N) is 1. The highest BCUT2D eigenvalue weighted by Crippen LogP contribution is 2.25. The van der Waals surface area contributed by atoms with Crippen molar-refractivity contribution in [2.45, 2.75) is 19.3 Å². The Morgan fingerprint density at radius 1 is 1.35 bits per heavy atom. The van der Waals surface area contributed by atoms with Crippen LogP contribution in [-0.2, 0) is 11.2 Å². The lowest BCUT2D eigenvalue weighted by Crippen LogP contribution is -2.30. The van der Waals surface area contributed by atoms with Crippen LogP contribution >= 0.6 is 0 Å². The molecule has 2 heterocycles. The van der Waals surface area contributed by atoms with Gasteiger partial charge in [0.15, 0.2) is 0 Å². The van der Waals surface area contributed by atoms with Crippen molar-refractivity contribution in [3.05, 3.63) is 29.3 Å². The van der Waals surface area contributed by atoms with Crippen LogP contribution in [-0.4, -0.2) is 41.5 Å². The normalized spacial score (nSPS) is 21.2. The second kappa shape index (κ2) is 5.15. The van der Waals surface area contributed by atoms with Crippen LogP contribution in [0.4, 0.5) is 5.69 Å². The average molecular weight is 274 g/mol. The van der Waals surface area contributed by atoms with Crippen LogP contribution in [0.2, 0.25) is 0 Å². The number of aliphatic carboxylic acids is 1. The Morgan fingerprint density at radius 3 is 2.95 bits per heavy atom. The van der Waals surface area contributed by atoms with Gasteiger partial charge >= 0.3 is 5.97 Å². The van der Waals surface area contributed by atoms with Crippen molar-refractivity contribution in [1.82, 2.24) is 4.90 Å². The Balaban J connectivity index is 1.76. The topological polar surface area (TPSA) is 69.6 Å². The number of rotatable bonds is 2. The zero-order valence-electron chi connectivity index (χ0n) is 11.3. The van der Waals surface area contributed by atoms with Gasteiger partial charge in [-0.1, -0.05) is 0 Å². The van der Waals surface area contributed by atoms with E-state index in [1.54, 1.807) is 4.90 Å². The maximum atomic E-state index is 12.4. The third-order valence-electron chi connectivity index (χ3n) is 4.12. The van der Waals surface area contributed by atoms with Gasteiger partial charge in [0.05, 0.1) is 5.92 Å². The second-order valence-electron chi connectivity index (χ2n) is 5.48. The predicted molar refractivity (Wildman–Crippen MR) is 74.9 cm³/mol. The molecule has 2 N–H and O–H groups in total. The van der Waals surface area contributed by atoms with Crippen LogP contribution in [0.15, 0.2) is 18.2 Å². The van der Waals surface area contributed by atoms with Gasteiger partial charge in [0.25, 0.3) is 5.91 Å². The Labute approximate surface area is 117 Å². The Bertz CT molecular complexity index is 556. The van der Waals surface area contributed by atoms with Gasteiger partial charge in [-0.3, -0.25) is 9.59 Å².